The molecule has 1 aliphatic heterocycles. The second kappa shape index (κ2) is 5.93. The van der Waals surface area contributed by atoms with Crippen LogP contribution in [0.1, 0.15) is 40.4 Å². The number of nitrogens with zero attached hydrogens (tertiary/aromatic N) is 3. The highest BCUT2D eigenvalue weighted by molar-refractivity contribution is 9.10. The third kappa shape index (κ3) is 2.83. The topological polar surface area (TPSA) is 46.1 Å². The molecule has 3 rings (SSSR count). The van der Waals surface area contributed by atoms with Crippen molar-refractivity contribution in [2.75, 3.05) is 6.54 Å². The van der Waals surface area contributed by atoms with Crippen molar-refractivity contribution in [3.05, 3.63) is 57.8 Å². The molecular formula is C16H16BrN3O. The van der Waals surface area contributed by atoms with Crippen LogP contribution in [0.5, 0.6) is 0 Å². The molecule has 1 saturated heterocycles. The zero-order valence-electron chi connectivity index (χ0n) is 11.8. The summed E-state index contributed by atoms with van der Waals surface area (Å²) >= 11 is 3.52. The van der Waals surface area contributed by atoms with Crippen molar-refractivity contribution in [2.45, 2.75) is 25.8 Å². The summed E-state index contributed by atoms with van der Waals surface area (Å²) in [6.07, 6.45) is 5.13. The first-order chi connectivity index (χ1) is 10.2. The van der Waals surface area contributed by atoms with Gasteiger partial charge in [0.1, 0.15) is 0 Å². The zero-order valence-corrected chi connectivity index (χ0v) is 13.4. The van der Waals surface area contributed by atoms with E-state index in [2.05, 4.69) is 51.3 Å². The van der Waals surface area contributed by atoms with Gasteiger partial charge in [-0.3, -0.25) is 4.79 Å². The van der Waals surface area contributed by atoms with Crippen molar-refractivity contribution >= 4 is 21.8 Å². The number of rotatable bonds is 2. The van der Waals surface area contributed by atoms with Crippen LogP contribution in [0.3, 0.4) is 0 Å². The predicted octanol–water partition coefficient (Wildman–Crippen LogP) is 3.52. The lowest BCUT2D eigenvalue weighted by molar-refractivity contribution is 0.0735. The molecule has 0 bridgehead atoms. The molecular weight excluding hydrogens is 330 g/mol. The van der Waals surface area contributed by atoms with Crippen LogP contribution in [0.15, 0.2) is 41.1 Å². The third-order valence-corrected chi connectivity index (χ3v) is 4.80. The number of amides is 1. The van der Waals surface area contributed by atoms with Gasteiger partial charge >= 0.3 is 0 Å². The largest absolute Gasteiger partial charge is 0.332 e. The molecule has 0 aliphatic carbocycles. The van der Waals surface area contributed by atoms with Crippen LogP contribution >= 0.6 is 15.9 Å². The lowest BCUT2D eigenvalue weighted by Gasteiger charge is -2.25. The molecule has 0 radical (unpaired) electrons. The van der Waals surface area contributed by atoms with E-state index in [0.29, 0.717) is 5.56 Å². The van der Waals surface area contributed by atoms with E-state index in [1.165, 1.54) is 17.3 Å². The van der Waals surface area contributed by atoms with Crippen molar-refractivity contribution in [1.82, 2.24) is 15.1 Å². The van der Waals surface area contributed by atoms with Crippen LogP contribution in [0.4, 0.5) is 0 Å². The Kier molecular flexibility index (Phi) is 4.01. The maximum atomic E-state index is 12.6. The first kappa shape index (κ1) is 14.2. The first-order valence-electron chi connectivity index (χ1n) is 7.00. The van der Waals surface area contributed by atoms with Gasteiger partial charge in [0.25, 0.3) is 5.91 Å². The van der Waals surface area contributed by atoms with E-state index in [0.717, 1.165) is 23.9 Å². The monoisotopic (exact) mass is 345 g/mol. The van der Waals surface area contributed by atoms with Gasteiger partial charge in [-0.25, -0.2) is 0 Å². The average molecular weight is 346 g/mol. The summed E-state index contributed by atoms with van der Waals surface area (Å²) in [5.74, 6) is 0.0352. The number of carbonyl (C=O) groups excluding carboxylic acids is 1. The fourth-order valence-corrected chi connectivity index (χ4v) is 3.06. The smallest absolute Gasteiger partial charge is 0.256 e. The van der Waals surface area contributed by atoms with Crippen LogP contribution in [-0.2, 0) is 0 Å². The molecule has 0 N–H and O–H groups in total. The summed E-state index contributed by atoms with van der Waals surface area (Å²) < 4.78 is 1.10. The molecule has 4 nitrogen and oxygen atoms in total. The number of benzene rings is 1. The minimum atomic E-state index is 0.0352. The van der Waals surface area contributed by atoms with Gasteiger partial charge in [-0.05, 0) is 43.0 Å². The Labute approximate surface area is 132 Å². The van der Waals surface area contributed by atoms with Crippen molar-refractivity contribution < 1.29 is 4.79 Å². The van der Waals surface area contributed by atoms with Crippen LogP contribution in [0, 0.1) is 6.92 Å². The zero-order chi connectivity index (χ0) is 14.8. The Balaban J connectivity index is 1.88. The fourth-order valence-electron chi connectivity index (χ4n) is 2.81. The van der Waals surface area contributed by atoms with Gasteiger partial charge in [0.2, 0.25) is 0 Å². The molecule has 5 heteroatoms. The van der Waals surface area contributed by atoms with E-state index in [4.69, 9.17) is 0 Å². The molecule has 2 aromatic rings. The first-order valence-corrected chi connectivity index (χ1v) is 7.80. The maximum Gasteiger partial charge on any atom is 0.256 e. The van der Waals surface area contributed by atoms with E-state index in [9.17, 15) is 4.79 Å². The van der Waals surface area contributed by atoms with E-state index in [1.807, 2.05) is 4.90 Å². The van der Waals surface area contributed by atoms with Gasteiger partial charge in [0, 0.05) is 11.0 Å². The molecule has 1 aromatic carbocycles. The van der Waals surface area contributed by atoms with Crippen LogP contribution in [0.25, 0.3) is 0 Å². The Morgan fingerprint density at radius 2 is 2.19 bits per heavy atom. The predicted molar refractivity (Wildman–Crippen MR) is 83.9 cm³/mol. The molecule has 21 heavy (non-hydrogen) atoms. The van der Waals surface area contributed by atoms with Gasteiger partial charge in [-0.2, -0.15) is 10.2 Å². The SMILES string of the molecule is Cc1cc(C2CCCN2C(=O)c2ccnnc2)ccc1Br. The normalized spacial score (nSPS) is 18.0. The summed E-state index contributed by atoms with van der Waals surface area (Å²) in [4.78, 5) is 14.6. The highest BCUT2D eigenvalue weighted by Crippen LogP contribution is 2.34. The number of carbonyl (C=O) groups is 1. The van der Waals surface area contributed by atoms with Gasteiger partial charge in [-0.15, -0.1) is 0 Å². The minimum Gasteiger partial charge on any atom is -0.332 e. The Bertz CT molecular complexity index is 660. The third-order valence-electron chi connectivity index (χ3n) is 3.91. The molecule has 0 saturated carbocycles. The summed E-state index contributed by atoms with van der Waals surface area (Å²) in [7, 11) is 0. The molecule has 1 unspecified atom stereocenters. The molecule has 1 fully saturated rings. The number of hydrogen-bond acceptors (Lipinski definition) is 3. The number of likely N-dealkylation sites (tertiary alicyclic amines) is 1. The average Bonchev–Trinajstić information content (AvgIpc) is 2.99. The summed E-state index contributed by atoms with van der Waals surface area (Å²) in [6.45, 7) is 2.86. The summed E-state index contributed by atoms with van der Waals surface area (Å²) in [5, 5.41) is 7.52. The quantitative estimate of drug-likeness (QED) is 0.836. The molecule has 1 atom stereocenters. The van der Waals surface area contributed by atoms with Crippen LogP contribution in [0.2, 0.25) is 0 Å². The van der Waals surface area contributed by atoms with Gasteiger partial charge < -0.3 is 4.90 Å². The lowest BCUT2D eigenvalue weighted by Crippen LogP contribution is -2.30. The summed E-state index contributed by atoms with van der Waals surface area (Å²) in [6, 6.07) is 8.18. The van der Waals surface area contributed by atoms with Crippen LogP contribution in [-0.4, -0.2) is 27.5 Å². The number of hydrogen-bond donors (Lipinski definition) is 0. The molecule has 0 spiro atoms. The lowest BCUT2D eigenvalue weighted by atomic mass is 10.0. The number of halogens is 1. The second-order valence-electron chi connectivity index (χ2n) is 5.30. The summed E-state index contributed by atoms with van der Waals surface area (Å²) in [5.41, 5.74) is 2.99. The van der Waals surface area contributed by atoms with Crippen LogP contribution < -0.4 is 0 Å². The Morgan fingerprint density at radius 3 is 2.90 bits per heavy atom. The Hall–Kier alpha value is -1.75. The van der Waals surface area contributed by atoms with Gasteiger partial charge in [-0.1, -0.05) is 28.1 Å². The van der Waals surface area contributed by atoms with Gasteiger partial charge in [0.05, 0.1) is 24.0 Å². The van der Waals surface area contributed by atoms with E-state index in [1.54, 1.807) is 12.3 Å². The van der Waals surface area contributed by atoms with Crippen molar-refractivity contribution in [2.24, 2.45) is 0 Å². The Morgan fingerprint density at radius 1 is 1.33 bits per heavy atom. The maximum absolute atomic E-state index is 12.6. The van der Waals surface area contributed by atoms with Gasteiger partial charge in [0.15, 0.2) is 0 Å². The van der Waals surface area contributed by atoms with Crippen molar-refractivity contribution in [3.8, 4) is 0 Å². The number of aryl methyl sites for hydroxylation is 1. The number of aromatic nitrogens is 2. The standard InChI is InChI=1S/C16H16BrN3O/c1-11-9-12(4-5-14(11)17)15-3-2-8-20(15)16(21)13-6-7-18-19-10-13/h4-7,9-10,15H,2-3,8H2,1H3. The van der Waals surface area contributed by atoms with E-state index >= 15 is 0 Å². The molecule has 1 amide bonds. The molecule has 2 heterocycles. The van der Waals surface area contributed by atoms with E-state index < -0.39 is 0 Å². The van der Waals surface area contributed by atoms with E-state index in [-0.39, 0.29) is 11.9 Å². The molecule has 108 valence electrons. The van der Waals surface area contributed by atoms with Crippen molar-refractivity contribution in [3.63, 3.8) is 0 Å². The highest BCUT2D eigenvalue weighted by atomic mass is 79.9. The molecule has 1 aromatic heterocycles. The second-order valence-corrected chi connectivity index (χ2v) is 6.15. The molecule has 1 aliphatic rings. The van der Waals surface area contributed by atoms with Crippen molar-refractivity contribution in [1.29, 1.82) is 0 Å². The fraction of sp³-hybridized carbons (Fsp3) is 0.312. The minimum absolute atomic E-state index is 0.0352. The highest BCUT2D eigenvalue weighted by Gasteiger charge is 2.30.